The lowest BCUT2D eigenvalue weighted by Crippen LogP contribution is -2.06. The molecule has 0 aromatic heterocycles. The van der Waals surface area contributed by atoms with E-state index in [2.05, 4.69) is 39.5 Å². The van der Waals surface area contributed by atoms with Gasteiger partial charge in [-0.1, -0.05) is 39.0 Å². The molecule has 0 saturated carbocycles. The Morgan fingerprint density at radius 2 is 2.00 bits per heavy atom. The molecule has 70 valence electrons. The number of rotatable bonds is 6. The fraction of sp³-hybridized carbons (Fsp3) is 0.667. The van der Waals surface area contributed by atoms with Crippen molar-refractivity contribution in [2.45, 2.75) is 40.0 Å². The largest absolute Gasteiger partial charge is 0.103 e. The maximum atomic E-state index is 3.77. The van der Waals surface area contributed by atoms with E-state index in [1.54, 1.807) is 0 Å². The van der Waals surface area contributed by atoms with Gasteiger partial charge in [0.1, 0.15) is 0 Å². The smallest absolute Gasteiger partial charge is 0.0207 e. The summed E-state index contributed by atoms with van der Waals surface area (Å²) < 4.78 is 0. The van der Waals surface area contributed by atoms with E-state index in [1.807, 2.05) is 6.08 Å². The third-order valence-corrected chi connectivity index (χ3v) is 2.36. The van der Waals surface area contributed by atoms with E-state index < -0.39 is 0 Å². The van der Waals surface area contributed by atoms with Crippen LogP contribution in [0.3, 0.4) is 0 Å². The fourth-order valence-corrected chi connectivity index (χ4v) is 1.48. The molecule has 0 aromatic rings. The molecule has 0 N–H and O–H groups in total. The zero-order chi connectivity index (χ0) is 9.40. The van der Waals surface area contributed by atoms with Crippen LogP contribution < -0.4 is 0 Å². The highest BCUT2D eigenvalue weighted by molar-refractivity contribution is 4.91. The minimum absolute atomic E-state index is 0.739. The molecule has 2 atom stereocenters. The molecule has 0 saturated heterocycles. The van der Waals surface area contributed by atoms with Gasteiger partial charge >= 0.3 is 0 Å². The highest BCUT2D eigenvalue weighted by Gasteiger charge is 2.09. The summed E-state index contributed by atoms with van der Waals surface area (Å²) in [5.41, 5.74) is 0. The maximum absolute atomic E-state index is 3.77. The van der Waals surface area contributed by atoms with Crippen LogP contribution in [0.1, 0.15) is 40.0 Å². The quantitative estimate of drug-likeness (QED) is 0.519. The van der Waals surface area contributed by atoms with Gasteiger partial charge in [-0.05, 0) is 31.1 Å². The Bertz CT molecular complexity index is 133. The molecule has 0 aromatic carbocycles. The van der Waals surface area contributed by atoms with Crippen molar-refractivity contribution in [3.05, 3.63) is 24.8 Å². The molecule has 0 aliphatic carbocycles. The summed E-state index contributed by atoms with van der Waals surface area (Å²) in [4.78, 5) is 0. The van der Waals surface area contributed by atoms with Gasteiger partial charge in [-0.3, -0.25) is 0 Å². The number of hydrogen-bond donors (Lipinski definition) is 0. The zero-order valence-corrected chi connectivity index (χ0v) is 8.72. The van der Waals surface area contributed by atoms with Crippen LogP contribution in [0.15, 0.2) is 24.8 Å². The highest BCUT2D eigenvalue weighted by atomic mass is 14.1. The highest BCUT2D eigenvalue weighted by Crippen LogP contribution is 2.20. The van der Waals surface area contributed by atoms with Crippen LogP contribution in [0.25, 0.3) is 0 Å². The van der Waals surface area contributed by atoms with Gasteiger partial charge in [0.2, 0.25) is 0 Å². The Hall–Kier alpha value is -0.520. The first kappa shape index (κ1) is 11.5. The van der Waals surface area contributed by atoms with E-state index >= 15 is 0 Å². The lowest BCUT2D eigenvalue weighted by atomic mass is 9.88. The second-order valence-electron chi connectivity index (χ2n) is 3.41. The molecule has 12 heavy (non-hydrogen) atoms. The van der Waals surface area contributed by atoms with Crippen molar-refractivity contribution in [3.8, 4) is 0 Å². The van der Waals surface area contributed by atoms with Gasteiger partial charge < -0.3 is 0 Å². The summed E-state index contributed by atoms with van der Waals surface area (Å²) in [7, 11) is 0. The molecule has 0 bridgehead atoms. The summed E-state index contributed by atoms with van der Waals surface area (Å²) >= 11 is 0. The summed E-state index contributed by atoms with van der Waals surface area (Å²) in [6.07, 6.45) is 10.2. The molecule has 0 heteroatoms. The second-order valence-corrected chi connectivity index (χ2v) is 3.41. The van der Waals surface area contributed by atoms with E-state index in [0.717, 1.165) is 24.7 Å². The van der Waals surface area contributed by atoms with Crippen LogP contribution in [-0.2, 0) is 0 Å². The molecule has 0 heterocycles. The third kappa shape index (κ3) is 4.38. The van der Waals surface area contributed by atoms with Crippen molar-refractivity contribution in [1.29, 1.82) is 0 Å². The minimum Gasteiger partial charge on any atom is -0.103 e. The average Bonchev–Trinajstić information content (AvgIpc) is 2.06. The van der Waals surface area contributed by atoms with E-state index in [-0.39, 0.29) is 0 Å². The Kier molecular flexibility index (Phi) is 6.84. The molecular formula is C12H22. The molecular weight excluding hydrogens is 144 g/mol. The predicted octanol–water partition coefficient (Wildman–Crippen LogP) is 4.19. The molecule has 0 nitrogen and oxygen atoms in total. The second kappa shape index (κ2) is 7.15. The predicted molar refractivity (Wildman–Crippen MR) is 57.2 cm³/mol. The number of allylic oxidation sites excluding steroid dienone is 3. The van der Waals surface area contributed by atoms with Gasteiger partial charge in [0, 0.05) is 0 Å². The van der Waals surface area contributed by atoms with Crippen LogP contribution in [0.4, 0.5) is 0 Å². The van der Waals surface area contributed by atoms with Gasteiger partial charge in [-0.2, -0.15) is 0 Å². The minimum atomic E-state index is 0.739. The molecule has 2 unspecified atom stereocenters. The summed E-state index contributed by atoms with van der Waals surface area (Å²) in [6, 6.07) is 0. The van der Waals surface area contributed by atoms with Gasteiger partial charge in [-0.25, -0.2) is 0 Å². The molecule has 0 fully saturated rings. The van der Waals surface area contributed by atoms with Crippen molar-refractivity contribution < 1.29 is 0 Å². The summed E-state index contributed by atoms with van der Waals surface area (Å²) in [6.45, 7) is 10.5. The normalized spacial score (nSPS) is 16.2. The average molecular weight is 166 g/mol. The monoisotopic (exact) mass is 166 g/mol. The Morgan fingerprint density at radius 3 is 2.42 bits per heavy atom. The first-order valence-corrected chi connectivity index (χ1v) is 5.03. The topological polar surface area (TPSA) is 0 Å². The molecule has 0 aliphatic heterocycles. The van der Waals surface area contributed by atoms with Gasteiger partial charge in [0.15, 0.2) is 0 Å². The summed E-state index contributed by atoms with van der Waals surface area (Å²) in [5.74, 6) is 1.48. The van der Waals surface area contributed by atoms with Crippen LogP contribution in [-0.4, -0.2) is 0 Å². The SMILES string of the molecule is C=CCC(C)C(C=CCC)CC. The standard InChI is InChI=1S/C12H22/c1-5-8-10-12(7-3)11(4)9-6-2/h6,8,10-12H,2,5,7,9H2,1,3-4H3. The fourth-order valence-electron chi connectivity index (χ4n) is 1.48. The van der Waals surface area contributed by atoms with Crippen LogP contribution in [0.2, 0.25) is 0 Å². The zero-order valence-electron chi connectivity index (χ0n) is 8.72. The molecule has 0 radical (unpaired) electrons. The Balaban J connectivity index is 3.94. The van der Waals surface area contributed by atoms with Crippen molar-refractivity contribution in [1.82, 2.24) is 0 Å². The van der Waals surface area contributed by atoms with E-state index in [9.17, 15) is 0 Å². The molecule has 0 aliphatic rings. The Morgan fingerprint density at radius 1 is 1.33 bits per heavy atom. The first-order chi connectivity index (χ1) is 5.76. The lowest BCUT2D eigenvalue weighted by Gasteiger charge is -2.17. The molecule has 0 spiro atoms. The maximum Gasteiger partial charge on any atom is -0.0207 e. The first-order valence-electron chi connectivity index (χ1n) is 5.03. The van der Waals surface area contributed by atoms with Crippen molar-refractivity contribution >= 4 is 0 Å². The van der Waals surface area contributed by atoms with Crippen molar-refractivity contribution in [3.63, 3.8) is 0 Å². The van der Waals surface area contributed by atoms with E-state index in [0.29, 0.717) is 0 Å². The van der Waals surface area contributed by atoms with Gasteiger partial charge in [0.05, 0.1) is 0 Å². The van der Waals surface area contributed by atoms with E-state index in [4.69, 9.17) is 0 Å². The lowest BCUT2D eigenvalue weighted by molar-refractivity contribution is 0.421. The van der Waals surface area contributed by atoms with Gasteiger partial charge in [-0.15, -0.1) is 6.58 Å². The Labute approximate surface area is 77.4 Å². The van der Waals surface area contributed by atoms with E-state index in [1.165, 1.54) is 6.42 Å². The third-order valence-electron chi connectivity index (χ3n) is 2.36. The molecule has 0 amide bonds. The summed E-state index contributed by atoms with van der Waals surface area (Å²) in [5, 5.41) is 0. The van der Waals surface area contributed by atoms with Crippen molar-refractivity contribution in [2.75, 3.05) is 0 Å². The van der Waals surface area contributed by atoms with Gasteiger partial charge in [0.25, 0.3) is 0 Å². The van der Waals surface area contributed by atoms with Crippen LogP contribution in [0, 0.1) is 11.8 Å². The van der Waals surface area contributed by atoms with Crippen LogP contribution >= 0.6 is 0 Å². The molecule has 0 rings (SSSR count). The van der Waals surface area contributed by atoms with Crippen LogP contribution in [0.5, 0.6) is 0 Å². The number of hydrogen-bond acceptors (Lipinski definition) is 0. The van der Waals surface area contributed by atoms with Crippen molar-refractivity contribution in [2.24, 2.45) is 11.8 Å².